The van der Waals surface area contributed by atoms with E-state index < -0.39 is 65.0 Å². The van der Waals surface area contributed by atoms with Crippen molar-refractivity contribution in [2.75, 3.05) is 0 Å². The molecule has 33 heavy (non-hydrogen) atoms. The van der Waals surface area contributed by atoms with Crippen LogP contribution in [0.2, 0.25) is 0 Å². The minimum atomic E-state index is -5.81. The van der Waals surface area contributed by atoms with Crippen LogP contribution in [-0.2, 0) is 31.6 Å². The van der Waals surface area contributed by atoms with Gasteiger partial charge in [-0.3, -0.25) is 14.1 Å². The lowest BCUT2D eigenvalue weighted by Crippen LogP contribution is -2.49. The lowest BCUT2D eigenvalue weighted by atomic mass is 9.93. The standard InChI is InChI=1S/C12H18N3O15P3/c1-3-4-12(19)8(16)7(27-9(12)15-5-13-10(17)14-11(15)18)6(2)28-32(23,24)30-33(25,26)29-31(20,21)22/h5-9,16,19H,1-2H3,(H,23,24)(H,25,26)(H,14,17,18)(H2,20,21,22)/t6-,7+,8-,9+,12?/m0/s1. The summed E-state index contributed by atoms with van der Waals surface area (Å²) < 4.78 is 51.8. The van der Waals surface area contributed by atoms with Gasteiger partial charge in [0.05, 0.1) is 6.10 Å². The number of ether oxygens (including phenoxy) is 1. The Labute approximate surface area is 183 Å². The van der Waals surface area contributed by atoms with E-state index in [1.165, 1.54) is 6.92 Å². The van der Waals surface area contributed by atoms with Crippen molar-refractivity contribution in [2.24, 2.45) is 0 Å². The van der Waals surface area contributed by atoms with Gasteiger partial charge in [-0.05, 0) is 13.8 Å². The van der Waals surface area contributed by atoms with Crippen molar-refractivity contribution in [1.82, 2.24) is 14.5 Å². The molecule has 0 aromatic carbocycles. The number of hydrogen-bond acceptors (Lipinski definition) is 12. The Morgan fingerprint density at radius 2 is 1.82 bits per heavy atom. The van der Waals surface area contributed by atoms with Crippen molar-refractivity contribution in [2.45, 2.75) is 44.0 Å². The summed E-state index contributed by atoms with van der Waals surface area (Å²) in [7, 11) is -17.0. The van der Waals surface area contributed by atoms with E-state index in [4.69, 9.17) is 14.5 Å². The fraction of sp³-hybridized carbons (Fsp3) is 0.583. The summed E-state index contributed by atoms with van der Waals surface area (Å²) >= 11 is 0. The van der Waals surface area contributed by atoms with E-state index in [1.54, 1.807) is 4.98 Å². The zero-order valence-corrected chi connectivity index (χ0v) is 19.2. The van der Waals surface area contributed by atoms with Crippen LogP contribution >= 0.6 is 23.5 Å². The van der Waals surface area contributed by atoms with Gasteiger partial charge in [-0.2, -0.15) is 13.6 Å². The summed E-state index contributed by atoms with van der Waals surface area (Å²) in [5.41, 5.74) is -4.70. The molecule has 7 atom stereocenters. The number of aromatic amines is 1. The molecule has 186 valence electrons. The van der Waals surface area contributed by atoms with Crippen molar-refractivity contribution in [1.29, 1.82) is 0 Å². The molecule has 0 radical (unpaired) electrons. The fourth-order valence-corrected chi connectivity index (χ4v) is 6.00. The molecule has 1 aliphatic rings. The molecule has 3 unspecified atom stereocenters. The number of nitrogens with zero attached hydrogens (tertiary/aromatic N) is 2. The third-order valence-electron chi connectivity index (χ3n) is 3.93. The molecular formula is C12H18N3O15P3. The number of phosphoric ester groups is 1. The molecule has 0 amide bonds. The Morgan fingerprint density at radius 1 is 1.21 bits per heavy atom. The average molecular weight is 537 g/mol. The van der Waals surface area contributed by atoms with Crippen LogP contribution in [0.15, 0.2) is 15.9 Å². The van der Waals surface area contributed by atoms with E-state index in [1.807, 2.05) is 0 Å². The van der Waals surface area contributed by atoms with Crippen LogP contribution in [0.4, 0.5) is 0 Å². The van der Waals surface area contributed by atoms with E-state index >= 15 is 0 Å². The molecule has 1 saturated heterocycles. The predicted octanol–water partition coefficient (Wildman–Crippen LogP) is -2.32. The Morgan fingerprint density at radius 3 is 2.33 bits per heavy atom. The summed E-state index contributed by atoms with van der Waals surface area (Å²) in [6.45, 7) is 2.24. The molecule has 1 aromatic rings. The SMILES string of the molecule is CC#CC1(O)[C@@H](O)[C@@H]([C@H](C)OP(=O)(O)OP(=O)(O)OP(=O)(O)O)O[C@H]1n1cnc(=O)[nH]c1=O. The number of aliphatic hydroxyl groups excluding tert-OH is 1. The molecule has 7 N–H and O–H groups in total. The highest BCUT2D eigenvalue weighted by molar-refractivity contribution is 7.66. The molecule has 0 saturated carbocycles. The van der Waals surface area contributed by atoms with Crippen LogP contribution in [0.1, 0.15) is 20.1 Å². The van der Waals surface area contributed by atoms with E-state index in [0.29, 0.717) is 10.9 Å². The zero-order chi connectivity index (χ0) is 25.4. The van der Waals surface area contributed by atoms with E-state index in [9.17, 15) is 43.3 Å². The van der Waals surface area contributed by atoms with Gasteiger partial charge in [0.2, 0.25) is 0 Å². The number of nitrogens with one attached hydrogen (secondary N) is 1. The van der Waals surface area contributed by atoms with Crippen molar-refractivity contribution < 1.29 is 61.4 Å². The average Bonchev–Trinajstić information content (AvgIpc) is 2.83. The maximum Gasteiger partial charge on any atom is 0.490 e. The first-order valence-electron chi connectivity index (χ1n) is 8.40. The number of aromatic nitrogens is 3. The second-order valence-electron chi connectivity index (χ2n) is 6.39. The van der Waals surface area contributed by atoms with E-state index in [-0.39, 0.29) is 0 Å². The normalized spacial score (nSPS) is 30.0. The number of hydrogen-bond donors (Lipinski definition) is 7. The van der Waals surface area contributed by atoms with Gasteiger partial charge < -0.3 is 34.5 Å². The Hall–Kier alpha value is -1.54. The summed E-state index contributed by atoms with van der Waals surface area (Å²) in [5.74, 6) is 4.51. The van der Waals surface area contributed by atoms with Crippen molar-refractivity contribution >= 4 is 23.5 Å². The number of phosphoric acid groups is 3. The topological polar surface area (TPSA) is 277 Å². The van der Waals surface area contributed by atoms with Crippen molar-refractivity contribution in [3.63, 3.8) is 0 Å². The highest BCUT2D eigenvalue weighted by Crippen LogP contribution is 2.66. The molecule has 0 bridgehead atoms. The zero-order valence-electron chi connectivity index (χ0n) is 16.5. The molecule has 2 rings (SSSR count). The minimum absolute atomic E-state index is 0.562. The van der Waals surface area contributed by atoms with Crippen LogP contribution in [0.3, 0.4) is 0 Å². The van der Waals surface area contributed by atoms with Crippen LogP contribution in [0, 0.1) is 11.8 Å². The lowest BCUT2D eigenvalue weighted by molar-refractivity contribution is -0.0874. The largest absolute Gasteiger partial charge is 0.490 e. The van der Waals surface area contributed by atoms with Crippen molar-refractivity contribution in [3.05, 3.63) is 27.3 Å². The molecule has 21 heteroatoms. The summed E-state index contributed by atoms with van der Waals surface area (Å²) in [5, 5.41) is 21.4. The number of aliphatic hydroxyl groups is 2. The first kappa shape index (κ1) is 27.7. The molecular weight excluding hydrogens is 519 g/mol. The van der Waals surface area contributed by atoms with Gasteiger partial charge in [-0.1, -0.05) is 5.92 Å². The summed E-state index contributed by atoms with van der Waals surface area (Å²) in [4.78, 5) is 64.3. The maximum atomic E-state index is 12.1. The molecule has 18 nitrogen and oxygen atoms in total. The molecule has 1 aliphatic heterocycles. The quantitative estimate of drug-likeness (QED) is 0.135. The number of H-pyrrole nitrogens is 1. The van der Waals surface area contributed by atoms with E-state index in [0.717, 1.165) is 6.92 Å². The molecule has 0 spiro atoms. The highest BCUT2D eigenvalue weighted by atomic mass is 31.3. The first-order chi connectivity index (χ1) is 14.9. The second kappa shape index (κ2) is 9.61. The monoisotopic (exact) mass is 537 g/mol. The Bertz CT molecular complexity index is 1210. The smallest absolute Gasteiger partial charge is 0.386 e. The Kier molecular flexibility index (Phi) is 8.06. The van der Waals surface area contributed by atoms with Crippen LogP contribution in [0.25, 0.3) is 0 Å². The van der Waals surface area contributed by atoms with Crippen LogP contribution < -0.4 is 11.4 Å². The second-order valence-corrected chi connectivity index (χ2v) is 10.8. The van der Waals surface area contributed by atoms with E-state index in [2.05, 4.69) is 30.0 Å². The first-order valence-corrected chi connectivity index (χ1v) is 12.9. The van der Waals surface area contributed by atoms with Crippen LogP contribution in [0.5, 0.6) is 0 Å². The number of rotatable bonds is 8. The van der Waals surface area contributed by atoms with Gasteiger partial charge >= 0.3 is 34.8 Å². The van der Waals surface area contributed by atoms with Gasteiger partial charge in [0.25, 0.3) is 0 Å². The molecule has 0 aliphatic carbocycles. The highest BCUT2D eigenvalue weighted by Gasteiger charge is 2.58. The fourth-order valence-electron chi connectivity index (χ4n) is 2.80. The van der Waals surface area contributed by atoms with Gasteiger partial charge in [-0.15, -0.1) is 5.92 Å². The minimum Gasteiger partial charge on any atom is -0.386 e. The van der Waals surface area contributed by atoms with Gasteiger partial charge in [0.1, 0.15) is 18.5 Å². The van der Waals surface area contributed by atoms with Crippen molar-refractivity contribution in [3.8, 4) is 11.8 Å². The predicted molar refractivity (Wildman–Crippen MR) is 102 cm³/mol. The summed E-state index contributed by atoms with van der Waals surface area (Å²) in [6, 6.07) is 0. The summed E-state index contributed by atoms with van der Waals surface area (Å²) in [6.07, 6.45) is -6.71. The molecule has 1 aromatic heterocycles. The Balaban J connectivity index is 2.32. The van der Waals surface area contributed by atoms with Gasteiger partial charge in [0.15, 0.2) is 11.8 Å². The van der Waals surface area contributed by atoms with Crippen LogP contribution in [-0.4, -0.2) is 68.2 Å². The maximum absolute atomic E-state index is 12.1. The molecule has 1 fully saturated rings. The van der Waals surface area contributed by atoms with Gasteiger partial charge in [0, 0.05) is 0 Å². The third kappa shape index (κ3) is 6.75. The van der Waals surface area contributed by atoms with Gasteiger partial charge in [-0.25, -0.2) is 23.3 Å². The third-order valence-corrected chi connectivity index (χ3v) is 7.85. The molecule has 2 heterocycles. The lowest BCUT2D eigenvalue weighted by Gasteiger charge is -2.27.